The predicted octanol–water partition coefficient (Wildman–Crippen LogP) is 2.96. The van der Waals surface area contributed by atoms with E-state index in [0.29, 0.717) is 24.6 Å². The van der Waals surface area contributed by atoms with Crippen LogP contribution in [0.3, 0.4) is 0 Å². The van der Waals surface area contributed by atoms with Crippen molar-refractivity contribution in [1.82, 2.24) is 5.32 Å². The molecule has 1 amide bonds. The maximum absolute atomic E-state index is 13.4. The summed E-state index contributed by atoms with van der Waals surface area (Å²) in [7, 11) is 0. The normalized spacial score (nSPS) is 18.9. The summed E-state index contributed by atoms with van der Waals surface area (Å²) in [6.07, 6.45) is 4.17. The van der Waals surface area contributed by atoms with Crippen molar-refractivity contribution in [3.05, 3.63) is 29.6 Å². The van der Waals surface area contributed by atoms with Crippen molar-refractivity contribution in [1.29, 1.82) is 0 Å². The zero-order valence-corrected chi connectivity index (χ0v) is 11.0. The first-order valence-corrected chi connectivity index (χ1v) is 6.74. The van der Waals surface area contributed by atoms with E-state index in [0.717, 1.165) is 25.8 Å². The van der Waals surface area contributed by atoms with Gasteiger partial charge in [-0.05, 0) is 25.8 Å². The summed E-state index contributed by atoms with van der Waals surface area (Å²) in [4.78, 5) is 11.7. The van der Waals surface area contributed by atoms with Crippen LogP contribution in [0.4, 0.5) is 18.9 Å². The first-order valence-electron chi connectivity index (χ1n) is 6.74. The van der Waals surface area contributed by atoms with E-state index in [1.54, 1.807) is 0 Å². The zero-order chi connectivity index (χ0) is 14.5. The van der Waals surface area contributed by atoms with E-state index < -0.39 is 23.4 Å². The molecule has 1 aliphatic rings. The largest absolute Gasteiger partial charge is 0.324 e. The molecule has 110 valence electrons. The number of carbonyl (C=O) groups is 1. The minimum absolute atomic E-state index is 0.218. The fourth-order valence-corrected chi connectivity index (χ4v) is 2.31. The van der Waals surface area contributed by atoms with Crippen LogP contribution in [0.1, 0.15) is 32.1 Å². The Kier molecular flexibility index (Phi) is 5.00. The van der Waals surface area contributed by atoms with Gasteiger partial charge < -0.3 is 10.6 Å². The second kappa shape index (κ2) is 6.74. The molecule has 0 bridgehead atoms. The molecule has 1 aromatic rings. The van der Waals surface area contributed by atoms with Gasteiger partial charge in [-0.15, -0.1) is 0 Å². The van der Waals surface area contributed by atoms with E-state index in [9.17, 15) is 18.0 Å². The third kappa shape index (κ3) is 3.96. The molecule has 0 aromatic heterocycles. The third-order valence-electron chi connectivity index (χ3n) is 3.42. The Morgan fingerprint density at radius 2 is 1.95 bits per heavy atom. The summed E-state index contributed by atoms with van der Waals surface area (Å²) in [5, 5.41) is 5.57. The third-order valence-corrected chi connectivity index (χ3v) is 3.42. The summed E-state index contributed by atoms with van der Waals surface area (Å²) in [5.41, 5.74) is -0.328. The van der Waals surface area contributed by atoms with E-state index >= 15 is 0 Å². The smallest absolute Gasteiger partial charge is 0.224 e. The second-order valence-corrected chi connectivity index (χ2v) is 4.98. The maximum Gasteiger partial charge on any atom is 0.224 e. The van der Waals surface area contributed by atoms with E-state index in [2.05, 4.69) is 10.6 Å². The lowest BCUT2D eigenvalue weighted by Gasteiger charge is -2.23. The van der Waals surface area contributed by atoms with Gasteiger partial charge in [0.1, 0.15) is 5.82 Å². The molecular weight excluding hydrogens is 269 g/mol. The van der Waals surface area contributed by atoms with Gasteiger partial charge in [0.15, 0.2) is 11.6 Å². The molecule has 2 N–H and O–H groups in total. The van der Waals surface area contributed by atoms with E-state index in [4.69, 9.17) is 0 Å². The number of rotatable bonds is 4. The fraction of sp³-hybridized carbons (Fsp3) is 0.500. The summed E-state index contributed by atoms with van der Waals surface area (Å²) in [5.74, 6) is -3.84. The Morgan fingerprint density at radius 1 is 1.20 bits per heavy atom. The number of hydrogen-bond acceptors (Lipinski definition) is 2. The number of piperidine rings is 1. The van der Waals surface area contributed by atoms with Crippen molar-refractivity contribution in [3.8, 4) is 0 Å². The number of halogens is 3. The average Bonchev–Trinajstić information content (AvgIpc) is 2.44. The molecule has 0 aliphatic carbocycles. The minimum atomic E-state index is -1.27. The highest BCUT2D eigenvalue weighted by atomic mass is 19.2. The number of amides is 1. The quantitative estimate of drug-likeness (QED) is 0.836. The van der Waals surface area contributed by atoms with Crippen molar-refractivity contribution in [2.24, 2.45) is 0 Å². The van der Waals surface area contributed by atoms with Crippen LogP contribution in [0, 0.1) is 17.5 Å². The Morgan fingerprint density at radius 3 is 2.65 bits per heavy atom. The topological polar surface area (TPSA) is 41.1 Å². The summed E-state index contributed by atoms with van der Waals surface area (Å²) >= 11 is 0. The van der Waals surface area contributed by atoms with Crippen molar-refractivity contribution in [2.75, 3.05) is 11.9 Å². The van der Waals surface area contributed by atoms with Gasteiger partial charge in [0.25, 0.3) is 0 Å². The van der Waals surface area contributed by atoms with Crippen LogP contribution in [0.2, 0.25) is 0 Å². The van der Waals surface area contributed by atoms with Gasteiger partial charge in [-0.1, -0.05) is 6.42 Å². The first kappa shape index (κ1) is 14.8. The average molecular weight is 286 g/mol. The number of carbonyl (C=O) groups excluding carboxylic acids is 1. The molecule has 3 nitrogen and oxygen atoms in total. The van der Waals surface area contributed by atoms with E-state index in [1.165, 1.54) is 0 Å². The van der Waals surface area contributed by atoms with Crippen molar-refractivity contribution in [2.45, 2.75) is 38.1 Å². The lowest BCUT2D eigenvalue weighted by Crippen LogP contribution is -2.34. The van der Waals surface area contributed by atoms with E-state index in [-0.39, 0.29) is 12.1 Å². The van der Waals surface area contributed by atoms with Gasteiger partial charge in [-0.2, -0.15) is 0 Å². The van der Waals surface area contributed by atoms with Crippen molar-refractivity contribution < 1.29 is 18.0 Å². The molecule has 1 aromatic carbocycles. The molecule has 2 rings (SSSR count). The second-order valence-electron chi connectivity index (χ2n) is 4.98. The van der Waals surface area contributed by atoms with Crippen molar-refractivity contribution >= 4 is 11.6 Å². The molecule has 1 heterocycles. The van der Waals surface area contributed by atoms with Crippen LogP contribution >= 0.6 is 0 Å². The Labute approximate surface area is 115 Å². The maximum atomic E-state index is 13.4. The van der Waals surface area contributed by atoms with Crippen LogP contribution in [-0.4, -0.2) is 18.5 Å². The van der Waals surface area contributed by atoms with Gasteiger partial charge in [0.05, 0.1) is 5.69 Å². The first-order chi connectivity index (χ1) is 9.56. The molecule has 1 aliphatic heterocycles. The highest BCUT2D eigenvalue weighted by Crippen LogP contribution is 2.19. The standard InChI is InChI=1S/C14H17F3N2O/c15-10-7-12(17)13(8-11(10)16)19-14(20)5-4-9-3-1-2-6-18-9/h7-9,18H,1-6H2,(H,19,20). The highest BCUT2D eigenvalue weighted by molar-refractivity contribution is 5.90. The minimum Gasteiger partial charge on any atom is -0.324 e. The summed E-state index contributed by atoms with van der Waals surface area (Å²) < 4.78 is 39.1. The van der Waals surface area contributed by atoms with Gasteiger partial charge >= 0.3 is 0 Å². The summed E-state index contributed by atoms with van der Waals surface area (Å²) in [6.45, 7) is 0.948. The van der Waals surface area contributed by atoms with Gasteiger partial charge in [-0.25, -0.2) is 13.2 Å². The Balaban J connectivity index is 1.86. The highest BCUT2D eigenvalue weighted by Gasteiger charge is 2.16. The summed E-state index contributed by atoms with van der Waals surface area (Å²) in [6, 6.07) is 1.37. The van der Waals surface area contributed by atoms with Crippen LogP contribution in [0.15, 0.2) is 12.1 Å². The molecule has 1 atom stereocenters. The molecule has 0 radical (unpaired) electrons. The Hall–Kier alpha value is -1.56. The van der Waals surface area contributed by atoms with E-state index in [1.807, 2.05) is 0 Å². The molecule has 20 heavy (non-hydrogen) atoms. The lowest BCUT2D eigenvalue weighted by molar-refractivity contribution is -0.116. The molecule has 1 saturated heterocycles. The molecule has 6 heteroatoms. The number of nitrogens with one attached hydrogen (secondary N) is 2. The SMILES string of the molecule is O=C(CCC1CCCCN1)Nc1cc(F)c(F)cc1F. The molecule has 0 spiro atoms. The van der Waals surface area contributed by atoms with Gasteiger partial charge in [0, 0.05) is 24.6 Å². The lowest BCUT2D eigenvalue weighted by atomic mass is 10.0. The van der Waals surface area contributed by atoms with Gasteiger partial charge in [0.2, 0.25) is 5.91 Å². The molecule has 1 fully saturated rings. The number of benzene rings is 1. The molecule has 1 unspecified atom stereocenters. The molecule has 0 saturated carbocycles. The predicted molar refractivity (Wildman–Crippen MR) is 69.8 cm³/mol. The monoisotopic (exact) mass is 286 g/mol. The van der Waals surface area contributed by atoms with Crippen LogP contribution in [0.25, 0.3) is 0 Å². The van der Waals surface area contributed by atoms with Crippen molar-refractivity contribution in [3.63, 3.8) is 0 Å². The zero-order valence-electron chi connectivity index (χ0n) is 11.0. The Bertz CT molecular complexity index is 488. The number of anilines is 1. The molecular formula is C14H17F3N2O. The van der Waals surface area contributed by atoms with Gasteiger partial charge in [-0.3, -0.25) is 4.79 Å². The number of hydrogen-bond donors (Lipinski definition) is 2. The fourth-order valence-electron chi connectivity index (χ4n) is 2.31. The van der Waals surface area contributed by atoms with Crippen LogP contribution in [0.5, 0.6) is 0 Å². The van der Waals surface area contributed by atoms with Crippen LogP contribution < -0.4 is 10.6 Å². The van der Waals surface area contributed by atoms with Crippen LogP contribution in [-0.2, 0) is 4.79 Å².